The van der Waals surface area contributed by atoms with Crippen LogP contribution in [0, 0.1) is 0 Å². The predicted octanol–water partition coefficient (Wildman–Crippen LogP) is 4.77. The zero-order chi connectivity index (χ0) is 16.9. The second-order valence-electron chi connectivity index (χ2n) is 4.67. The van der Waals surface area contributed by atoms with Gasteiger partial charge in [-0.15, -0.1) is 16.9 Å². The van der Waals surface area contributed by atoms with Gasteiger partial charge in [0.2, 0.25) is 11.8 Å². The molecule has 5 nitrogen and oxygen atoms in total. The number of nitrogens with one attached hydrogen (secondary N) is 1. The molecule has 122 valence electrons. The summed E-state index contributed by atoms with van der Waals surface area (Å²) in [5.41, 5.74) is 0.780. The van der Waals surface area contributed by atoms with Crippen molar-refractivity contribution in [2.24, 2.45) is 0 Å². The topological polar surface area (TPSA) is 68.0 Å². The van der Waals surface area contributed by atoms with Gasteiger partial charge in [0.05, 0.1) is 15.8 Å². The van der Waals surface area contributed by atoms with Crippen molar-refractivity contribution in [1.82, 2.24) is 10.2 Å². The van der Waals surface area contributed by atoms with Gasteiger partial charge in [-0.3, -0.25) is 10.1 Å². The molecule has 3 aromatic rings. The highest BCUT2D eigenvalue weighted by atomic mass is 35.5. The Hall–Kier alpha value is -2.02. The van der Waals surface area contributed by atoms with Crippen molar-refractivity contribution in [2.45, 2.75) is 4.90 Å². The molecule has 24 heavy (non-hydrogen) atoms. The van der Waals surface area contributed by atoms with Gasteiger partial charge < -0.3 is 4.42 Å². The van der Waals surface area contributed by atoms with E-state index in [1.54, 1.807) is 18.2 Å². The van der Waals surface area contributed by atoms with Crippen LogP contribution < -0.4 is 5.32 Å². The fourth-order valence-corrected chi connectivity index (χ4v) is 3.37. The third kappa shape index (κ3) is 4.08. The SMILES string of the molecule is O=C(CSc1c(Cl)cccc1Cl)Nc1nnc(-c2ccccc2)o1. The minimum atomic E-state index is -0.292. The first kappa shape index (κ1) is 16.8. The normalized spacial score (nSPS) is 10.6. The average molecular weight is 380 g/mol. The van der Waals surface area contributed by atoms with Crippen molar-refractivity contribution in [2.75, 3.05) is 11.1 Å². The van der Waals surface area contributed by atoms with Crippen LogP contribution in [0.5, 0.6) is 0 Å². The highest BCUT2D eigenvalue weighted by molar-refractivity contribution is 8.00. The predicted molar refractivity (Wildman–Crippen MR) is 95.5 cm³/mol. The molecule has 0 atom stereocenters. The number of rotatable bonds is 5. The summed E-state index contributed by atoms with van der Waals surface area (Å²) in [5.74, 6) is 0.166. The maximum absolute atomic E-state index is 12.0. The van der Waals surface area contributed by atoms with Gasteiger partial charge in [0.25, 0.3) is 0 Å². The van der Waals surface area contributed by atoms with Crippen LogP contribution in [0.15, 0.2) is 57.8 Å². The first-order valence-electron chi connectivity index (χ1n) is 6.89. The lowest BCUT2D eigenvalue weighted by Crippen LogP contribution is -2.14. The molecule has 8 heteroatoms. The van der Waals surface area contributed by atoms with Crippen molar-refractivity contribution < 1.29 is 9.21 Å². The van der Waals surface area contributed by atoms with Crippen molar-refractivity contribution in [1.29, 1.82) is 0 Å². The summed E-state index contributed by atoms with van der Waals surface area (Å²) in [5, 5.41) is 11.3. The summed E-state index contributed by atoms with van der Waals surface area (Å²) in [7, 11) is 0. The largest absolute Gasteiger partial charge is 0.403 e. The second kappa shape index (κ2) is 7.70. The molecule has 0 fully saturated rings. The number of amides is 1. The third-order valence-corrected chi connectivity index (χ3v) is 4.95. The number of thioether (sulfide) groups is 1. The number of carbonyl (C=O) groups excluding carboxylic acids is 1. The molecule has 2 aromatic carbocycles. The van der Waals surface area contributed by atoms with Crippen molar-refractivity contribution in [3.63, 3.8) is 0 Å². The summed E-state index contributed by atoms with van der Waals surface area (Å²) in [6.45, 7) is 0. The van der Waals surface area contributed by atoms with E-state index in [1.165, 1.54) is 11.8 Å². The average Bonchev–Trinajstić information content (AvgIpc) is 3.03. The number of nitrogens with zero attached hydrogens (tertiary/aromatic N) is 2. The Morgan fingerprint density at radius 3 is 2.46 bits per heavy atom. The standard InChI is InChI=1S/C16H11Cl2N3O2S/c17-11-7-4-8-12(18)14(11)24-9-13(22)19-16-21-20-15(23-16)10-5-2-1-3-6-10/h1-8H,9H2,(H,19,21,22). The maximum Gasteiger partial charge on any atom is 0.322 e. The van der Waals surface area contributed by atoms with E-state index in [1.807, 2.05) is 30.3 Å². The van der Waals surface area contributed by atoms with Crippen LogP contribution in [-0.2, 0) is 4.79 Å². The molecule has 0 saturated heterocycles. The fourth-order valence-electron chi connectivity index (χ4n) is 1.88. The Balaban J connectivity index is 1.61. The van der Waals surface area contributed by atoms with Gasteiger partial charge in [-0.05, 0) is 24.3 Å². The molecule has 0 aliphatic carbocycles. The zero-order valence-electron chi connectivity index (χ0n) is 12.2. The molecule has 3 rings (SSSR count). The van der Waals surface area contributed by atoms with E-state index in [0.717, 1.165) is 5.56 Å². The minimum absolute atomic E-state index is 0.0460. The van der Waals surface area contributed by atoms with Crippen LogP contribution in [-0.4, -0.2) is 21.9 Å². The molecule has 0 radical (unpaired) electrons. The van der Waals surface area contributed by atoms with Gasteiger partial charge >= 0.3 is 6.01 Å². The van der Waals surface area contributed by atoms with Crippen molar-refractivity contribution in [3.05, 3.63) is 58.6 Å². The minimum Gasteiger partial charge on any atom is -0.403 e. The Kier molecular flexibility index (Phi) is 5.40. The first-order valence-corrected chi connectivity index (χ1v) is 8.63. The van der Waals surface area contributed by atoms with Gasteiger partial charge in [0.15, 0.2) is 0 Å². The van der Waals surface area contributed by atoms with Crippen LogP contribution in [0.3, 0.4) is 0 Å². The molecule has 1 amide bonds. The molecule has 0 unspecified atom stereocenters. The summed E-state index contributed by atoms with van der Waals surface area (Å²) in [6.07, 6.45) is 0. The number of aromatic nitrogens is 2. The first-order chi connectivity index (χ1) is 11.6. The molecular weight excluding hydrogens is 369 g/mol. The molecule has 0 bridgehead atoms. The number of halogens is 2. The highest BCUT2D eigenvalue weighted by Gasteiger charge is 2.13. The van der Waals surface area contributed by atoms with E-state index < -0.39 is 0 Å². The molecule has 0 spiro atoms. The van der Waals surface area contributed by atoms with E-state index >= 15 is 0 Å². The van der Waals surface area contributed by atoms with E-state index in [2.05, 4.69) is 15.5 Å². The smallest absolute Gasteiger partial charge is 0.322 e. The molecule has 0 aliphatic rings. The Bertz CT molecular complexity index is 835. The molecular formula is C16H11Cl2N3O2S. The van der Waals surface area contributed by atoms with Crippen LogP contribution in [0.1, 0.15) is 0 Å². The Labute approximate surface area is 152 Å². The van der Waals surface area contributed by atoms with E-state index in [9.17, 15) is 4.79 Å². The summed E-state index contributed by atoms with van der Waals surface area (Å²) >= 11 is 13.4. The maximum atomic E-state index is 12.0. The fraction of sp³-hybridized carbons (Fsp3) is 0.0625. The van der Waals surface area contributed by atoms with Gasteiger partial charge in [-0.1, -0.05) is 52.6 Å². The monoisotopic (exact) mass is 379 g/mol. The molecule has 1 heterocycles. The van der Waals surface area contributed by atoms with Crippen LogP contribution >= 0.6 is 35.0 Å². The lowest BCUT2D eigenvalue weighted by atomic mass is 10.2. The van der Waals surface area contributed by atoms with Crippen molar-refractivity contribution in [3.8, 4) is 11.5 Å². The lowest BCUT2D eigenvalue weighted by Gasteiger charge is -2.05. The quantitative estimate of drug-likeness (QED) is 0.646. The lowest BCUT2D eigenvalue weighted by molar-refractivity contribution is -0.113. The Morgan fingerprint density at radius 2 is 1.75 bits per heavy atom. The number of carbonyl (C=O) groups is 1. The molecule has 0 saturated carbocycles. The molecule has 1 aromatic heterocycles. The van der Waals surface area contributed by atoms with Crippen LogP contribution in [0.4, 0.5) is 6.01 Å². The summed E-state index contributed by atoms with van der Waals surface area (Å²) < 4.78 is 5.42. The van der Waals surface area contributed by atoms with Crippen LogP contribution in [0.2, 0.25) is 10.0 Å². The Morgan fingerprint density at radius 1 is 1.04 bits per heavy atom. The highest BCUT2D eigenvalue weighted by Crippen LogP contribution is 2.33. The number of anilines is 1. The van der Waals surface area contributed by atoms with E-state index in [4.69, 9.17) is 27.6 Å². The van der Waals surface area contributed by atoms with Crippen LogP contribution in [0.25, 0.3) is 11.5 Å². The van der Waals surface area contributed by atoms with E-state index in [0.29, 0.717) is 20.8 Å². The molecule has 0 aliphatic heterocycles. The van der Waals surface area contributed by atoms with Gasteiger partial charge in [-0.25, -0.2) is 0 Å². The number of hydrogen-bond acceptors (Lipinski definition) is 5. The number of benzene rings is 2. The second-order valence-corrected chi connectivity index (χ2v) is 6.47. The van der Waals surface area contributed by atoms with Gasteiger partial charge in [0, 0.05) is 10.5 Å². The zero-order valence-corrected chi connectivity index (χ0v) is 14.5. The van der Waals surface area contributed by atoms with E-state index in [-0.39, 0.29) is 17.7 Å². The van der Waals surface area contributed by atoms with Crippen molar-refractivity contribution >= 4 is 46.9 Å². The number of hydrogen-bond donors (Lipinski definition) is 1. The van der Waals surface area contributed by atoms with Gasteiger partial charge in [0.1, 0.15) is 0 Å². The summed E-state index contributed by atoms with van der Waals surface area (Å²) in [6, 6.07) is 14.5. The van der Waals surface area contributed by atoms with Gasteiger partial charge in [-0.2, -0.15) is 0 Å². The summed E-state index contributed by atoms with van der Waals surface area (Å²) in [4.78, 5) is 12.7. The third-order valence-electron chi connectivity index (χ3n) is 2.96. The molecule has 1 N–H and O–H groups in total.